The van der Waals surface area contributed by atoms with Crippen LogP contribution in [0.2, 0.25) is 0 Å². The second-order valence-corrected chi connectivity index (χ2v) is 7.19. The molecule has 3 rings (SSSR count). The van der Waals surface area contributed by atoms with Crippen molar-refractivity contribution in [2.75, 3.05) is 0 Å². The highest BCUT2D eigenvalue weighted by Gasteiger charge is 2.52. The quantitative estimate of drug-likeness (QED) is 0.852. The van der Waals surface area contributed by atoms with Crippen molar-refractivity contribution in [3.63, 3.8) is 0 Å². The third kappa shape index (κ3) is 2.20. The van der Waals surface area contributed by atoms with Crippen molar-refractivity contribution in [3.8, 4) is 0 Å². The van der Waals surface area contributed by atoms with E-state index in [1.165, 1.54) is 32.1 Å². The van der Waals surface area contributed by atoms with Crippen LogP contribution in [-0.4, -0.2) is 34.1 Å². The second kappa shape index (κ2) is 5.08. The molecule has 2 heterocycles. The molecule has 3 aliphatic rings. The van der Waals surface area contributed by atoms with Crippen molar-refractivity contribution in [3.05, 3.63) is 0 Å². The normalized spacial score (nSPS) is 43.0. The predicted molar refractivity (Wildman–Crippen MR) is 75.0 cm³/mol. The Hall–Kier alpha value is -0.570. The highest BCUT2D eigenvalue weighted by Crippen LogP contribution is 2.47. The Labute approximate surface area is 116 Å². The van der Waals surface area contributed by atoms with Gasteiger partial charge in [0.1, 0.15) is 0 Å². The summed E-state index contributed by atoms with van der Waals surface area (Å²) in [6.07, 6.45) is 8.59. The molecule has 0 radical (unpaired) electrons. The van der Waals surface area contributed by atoms with Crippen molar-refractivity contribution in [1.29, 1.82) is 0 Å². The SMILES string of the molecule is CC(C)C1CCCCC1N1C2CCC1C(C(=O)O)C2. The van der Waals surface area contributed by atoms with Gasteiger partial charge in [0, 0.05) is 18.1 Å². The zero-order valence-corrected chi connectivity index (χ0v) is 12.2. The number of hydrogen-bond donors (Lipinski definition) is 1. The van der Waals surface area contributed by atoms with Gasteiger partial charge in [0.05, 0.1) is 5.92 Å². The van der Waals surface area contributed by atoms with Crippen LogP contribution in [0, 0.1) is 17.8 Å². The Morgan fingerprint density at radius 3 is 2.47 bits per heavy atom. The number of nitrogens with zero attached hydrogens (tertiary/aromatic N) is 1. The fourth-order valence-electron chi connectivity index (χ4n) is 5.10. The Kier molecular flexibility index (Phi) is 3.59. The van der Waals surface area contributed by atoms with Gasteiger partial charge in [0.2, 0.25) is 0 Å². The molecular formula is C16H27NO2. The summed E-state index contributed by atoms with van der Waals surface area (Å²) in [5.41, 5.74) is 0. The van der Waals surface area contributed by atoms with E-state index in [1.807, 2.05) is 0 Å². The summed E-state index contributed by atoms with van der Waals surface area (Å²) in [5.74, 6) is 0.862. The predicted octanol–water partition coefficient (Wildman–Crippen LogP) is 3.14. The maximum absolute atomic E-state index is 11.4. The molecule has 0 aromatic rings. The van der Waals surface area contributed by atoms with E-state index in [0.717, 1.165) is 24.7 Å². The average molecular weight is 265 g/mol. The summed E-state index contributed by atoms with van der Waals surface area (Å²) in [4.78, 5) is 14.1. The number of aliphatic carboxylic acids is 1. The molecule has 3 heteroatoms. The zero-order chi connectivity index (χ0) is 13.6. The average Bonchev–Trinajstić information content (AvgIpc) is 2.95. The van der Waals surface area contributed by atoms with Crippen LogP contribution in [-0.2, 0) is 4.79 Å². The Morgan fingerprint density at radius 1 is 1.11 bits per heavy atom. The van der Waals surface area contributed by atoms with Crippen LogP contribution in [0.15, 0.2) is 0 Å². The van der Waals surface area contributed by atoms with Gasteiger partial charge in [-0.05, 0) is 43.9 Å². The lowest BCUT2D eigenvalue weighted by molar-refractivity contribution is -0.142. The van der Waals surface area contributed by atoms with E-state index in [1.54, 1.807) is 0 Å². The van der Waals surface area contributed by atoms with Crippen molar-refractivity contribution in [2.45, 2.75) is 76.9 Å². The largest absolute Gasteiger partial charge is 0.481 e. The first-order valence-electron chi connectivity index (χ1n) is 8.10. The molecule has 0 aromatic carbocycles. The number of carboxylic acids is 1. The molecule has 1 saturated carbocycles. The van der Waals surface area contributed by atoms with E-state index in [0.29, 0.717) is 18.1 Å². The zero-order valence-electron chi connectivity index (χ0n) is 12.2. The van der Waals surface area contributed by atoms with Crippen LogP contribution in [0.3, 0.4) is 0 Å². The van der Waals surface area contributed by atoms with E-state index in [-0.39, 0.29) is 5.92 Å². The minimum Gasteiger partial charge on any atom is -0.481 e. The molecule has 19 heavy (non-hydrogen) atoms. The molecule has 2 bridgehead atoms. The lowest BCUT2D eigenvalue weighted by atomic mass is 9.77. The van der Waals surface area contributed by atoms with Gasteiger partial charge in [0.15, 0.2) is 0 Å². The first-order chi connectivity index (χ1) is 9.09. The van der Waals surface area contributed by atoms with Crippen LogP contribution < -0.4 is 0 Å². The monoisotopic (exact) mass is 265 g/mol. The molecule has 1 N–H and O–H groups in total. The molecule has 2 aliphatic heterocycles. The third-order valence-corrected chi connectivity index (χ3v) is 5.93. The van der Waals surface area contributed by atoms with E-state index in [9.17, 15) is 9.90 Å². The minimum absolute atomic E-state index is 0.0894. The van der Waals surface area contributed by atoms with Crippen LogP contribution in [0.25, 0.3) is 0 Å². The summed E-state index contributed by atoms with van der Waals surface area (Å²) in [6, 6.07) is 1.57. The molecule has 108 valence electrons. The molecule has 1 aliphatic carbocycles. The lowest BCUT2D eigenvalue weighted by Gasteiger charge is -2.42. The standard InChI is InChI=1S/C16H27NO2/c1-10(2)12-5-3-4-6-14(12)17-11-7-8-15(17)13(9-11)16(18)19/h10-15H,3-9H2,1-2H3,(H,18,19). The molecule has 0 spiro atoms. The first kappa shape index (κ1) is 13.4. The van der Waals surface area contributed by atoms with Crippen molar-refractivity contribution >= 4 is 5.97 Å². The first-order valence-corrected chi connectivity index (χ1v) is 8.10. The molecule has 0 amide bonds. The second-order valence-electron chi connectivity index (χ2n) is 7.19. The van der Waals surface area contributed by atoms with Gasteiger partial charge in [-0.1, -0.05) is 26.7 Å². The summed E-state index contributed by atoms with van der Waals surface area (Å²) >= 11 is 0. The minimum atomic E-state index is -0.561. The van der Waals surface area contributed by atoms with E-state index in [2.05, 4.69) is 18.7 Å². The smallest absolute Gasteiger partial charge is 0.308 e. The summed E-state index contributed by atoms with van der Waals surface area (Å²) in [6.45, 7) is 4.69. The Bertz CT molecular complexity index is 355. The summed E-state index contributed by atoms with van der Waals surface area (Å²) in [5, 5.41) is 9.40. The fourth-order valence-corrected chi connectivity index (χ4v) is 5.10. The van der Waals surface area contributed by atoms with E-state index >= 15 is 0 Å². The Balaban J connectivity index is 1.79. The van der Waals surface area contributed by atoms with Gasteiger partial charge in [0.25, 0.3) is 0 Å². The van der Waals surface area contributed by atoms with Crippen LogP contribution in [0.4, 0.5) is 0 Å². The molecule has 3 fully saturated rings. The summed E-state index contributed by atoms with van der Waals surface area (Å²) in [7, 11) is 0. The highest BCUT2D eigenvalue weighted by atomic mass is 16.4. The van der Waals surface area contributed by atoms with Crippen LogP contribution in [0.1, 0.15) is 58.8 Å². The van der Waals surface area contributed by atoms with Gasteiger partial charge in [-0.25, -0.2) is 0 Å². The fraction of sp³-hybridized carbons (Fsp3) is 0.938. The maximum Gasteiger partial charge on any atom is 0.308 e. The van der Waals surface area contributed by atoms with Crippen LogP contribution >= 0.6 is 0 Å². The van der Waals surface area contributed by atoms with Crippen molar-refractivity contribution in [1.82, 2.24) is 4.90 Å². The van der Waals surface area contributed by atoms with Gasteiger partial charge in [-0.2, -0.15) is 0 Å². The molecule has 0 aromatic heterocycles. The lowest BCUT2D eigenvalue weighted by Crippen LogP contribution is -2.47. The number of carbonyl (C=O) groups is 1. The van der Waals surface area contributed by atoms with Gasteiger partial charge >= 0.3 is 5.97 Å². The number of rotatable bonds is 3. The van der Waals surface area contributed by atoms with Crippen molar-refractivity contribution < 1.29 is 9.90 Å². The maximum atomic E-state index is 11.4. The number of fused-ring (bicyclic) bond motifs is 2. The van der Waals surface area contributed by atoms with Crippen molar-refractivity contribution in [2.24, 2.45) is 17.8 Å². The molecule has 3 nitrogen and oxygen atoms in total. The molecule has 5 unspecified atom stereocenters. The molecule has 2 saturated heterocycles. The van der Waals surface area contributed by atoms with Gasteiger partial charge in [-0.3, -0.25) is 9.69 Å². The van der Waals surface area contributed by atoms with E-state index < -0.39 is 5.97 Å². The van der Waals surface area contributed by atoms with Gasteiger partial charge < -0.3 is 5.11 Å². The molecule has 5 atom stereocenters. The van der Waals surface area contributed by atoms with Crippen LogP contribution in [0.5, 0.6) is 0 Å². The summed E-state index contributed by atoms with van der Waals surface area (Å²) < 4.78 is 0. The number of carboxylic acid groups (broad SMARTS) is 1. The number of hydrogen-bond acceptors (Lipinski definition) is 2. The Morgan fingerprint density at radius 2 is 1.84 bits per heavy atom. The van der Waals surface area contributed by atoms with E-state index in [4.69, 9.17) is 0 Å². The topological polar surface area (TPSA) is 40.5 Å². The van der Waals surface area contributed by atoms with Gasteiger partial charge in [-0.15, -0.1) is 0 Å². The molecular weight excluding hydrogens is 238 g/mol. The third-order valence-electron chi connectivity index (χ3n) is 5.93. The highest BCUT2D eigenvalue weighted by molar-refractivity contribution is 5.71.